The van der Waals surface area contributed by atoms with Crippen LogP contribution in [0.2, 0.25) is 0 Å². The number of hydrogen-bond acceptors (Lipinski definition) is 2. The molecule has 0 amide bonds. The molecule has 0 spiro atoms. The first-order chi connectivity index (χ1) is 9.45. The maximum absolute atomic E-state index is 14.2. The Balaban J connectivity index is 0.00000220. The van der Waals surface area contributed by atoms with E-state index in [0.717, 1.165) is 19.2 Å². The largest absolute Gasteiger partial charge is 0.419 e. The molecular weight excluding hydrogens is 308 g/mol. The number of piperazine rings is 1. The third kappa shape index (κ3) is 4.08. The van der Waals surface area contributed by atoms with Gasteiger partial charge in [-0.05, 0) is 12.5 Å². The average Bonchev–Trinajstić information content (AvgIpc) is 2.41. The second-order valence-electron chi connectivity index (χ2n) is 4.92. The van der Waals surface area contributed by atoms with Gasteiger partial charge in [-0.15, -0.1) is 12.4 Å². The summed E-state index contributed by atoms with van der Waals surface area (Å²) in [6.07, 6.45) is -4.07. The summed E-state index contributed by atoms with van der Waals surface area (Å²) in [5, 5.41) is 3.18. The van der Waals surface area contributed by atoms with Gasteiger partial charge in [-0.3, -0.25) is 4.90 Å². The fourth-order valence-electron chi connectivity index (χ4n) is 2.69. The van der Waals surface area contributed by atoms with Crippen molar-refractivity contribution in [2.24, 2.45) is 0 Å². The molecule has 1 aromatic rings. The lowest BCUT2D eigenvalue weighted by molar-refractivity contribution is -0.140. The van der Waals surface area contributed by atoms with Crippen LogP contribution in [0.4, 0.5) is 17.6 Å². The molecule has 1 saturated heterocycles. The molecule has 0 saturated carbocycles. The normalized spacial score (nSPS) is 18.1. The number of hydrogen-bond donors (Lipinski definition) is 1. The van der Waals surface area contributed by atoms with Gasteiger partial charge < -0.3 is 5.32 Å². The topological polar surface area (TPSA) is 15.3 Å². The minimum atomic E-state index is -4.65. The Morgan fingerprint density at radius 1 is 1.24 bits per heavy atom. The summed E-state index contributed by atoms with van der Waals surface area (Å²) in [6, 6.07) is 3.23. The van der Waals surface area contributed by atoms with Gasteiger partial charge in [-0.1, -0.05) is 19.1 Å². The predicted octanol–water partition coefficient (Wildman–Crippen LogP) is 3.62. The Kier molecular flexibility index (Phi) is 6.43. The van der Waals surface area contributed by atoms with Crippen molar-refractivity contribution >= 4 is 12.4 Å². The standard InChI is InChI=1S/C14H18F4N2.ClH/c1-2-12(20-8-6-19-7-9-20)10-4-3-5-11(13(10)15)14(16,17)18;/h3-5,12,19H,2,6-9H2,1H3;1H/t12-;/m0./s1. The summed E-state index contributed by atoms with van der Waals surface area (Å²) in [5.41, 5.74) is -1.03. The zero-order valence-corrected chi connectivity index (χ0v) is 12.5. The monoisotopic (exact) mass is 326 g/mol. The van der Waals surface area contributed by atoms with E-state index in [9.17, 15) is 17.6 Å². The van der Waals surface area contributed by atoms with Crippen molar-refractivity contribution in [2.75, 3.05) is 26.2 Å². The van der Waals surface area contributed by atoms with Crippen LogP contribution in [-0.2, 0) is 6.18 Å². The molecule has 7 heteroatoms. The van der Waals surface area contributed by atoms with E-state index in [1.165, 1.54) is 12.1 Å². The second kappa shape index (κ2) is 7.42. The van der Waals surface area contributed by atoms with Gasteiger partial charge in [0, 0.05) is 37.8 Å². The Hall–Kier alpha value is -0.850. The molecule has 0 aliphatic carbocycles. The van der Waals surface area contributed by atoms with E-state index in [1.807, 2.05) is 11.8 Å². The van der Waals surface area contributed by atoms with Crippen molar-refractivity contribution in [1.29, 1.82) is 0 Å². The van der Waals surface area contributed by atoms with Gasteiger partial charge in [0.25, 0.3) is 0 Å². The quantitative estimate of drug-likeness (QED) is 0.853. The van der Waals surface area contributed by atoms with Crippen molar-refractivity contribution in [1.82, 2.24) is 10.2 Å². The van der Waals surface area contributed by atoms with E-state index in [2.05, 4.69) is 5.32 Å². The van der Waals surface area contributed by atoms with Crippen LogP contribution in [0.5, 0.6) is 0 Å². The minimum Gasteiger partial charge on any atom is -0.314 e. The number of nitrogens with zero attached hydrogens (tertiary/aromatic N) is 1. The number of benzene rings is 1. The van der Waals surface area contributed by atoms with Crippen molar-refractivity contribution < 1.29 is 17.6 Å². The summed E-state index contributed by atoms with van der Waals surface area (Å²) in [6.45, 7) is 4.85. The summed E-state index contributed by atoms with van der Waals surface area (Å²) >= 11 is 0. The van der Waals surface area contributed by atoms with Gasteiger partial charge in [-0.2, -0.15) is 13.2 Å². The molecule has 1 aromatic carbocycles. The average molecular weight is 327 g/mol. The zero-order valence-electron chi connectivity index (χ0n) is 11.7. The van der Waals surface area contributed by atoms with Crippen LogP contribution in [0, 0.1) is 5.82 Å². The molecule has 0 radical (unpaired) electrons. The van der Waals surface area contributed by atoms with E-state index < -0.39 is 17.6 Å². The summed E-state index contributed by atoms with van der Waals surface area (Å²) < 4.78 is 52.5. The lowest BCUT2D eigenvalue weighted by Gasteiger charge is -2.35. The highest BCUT2D eigenvalue weighted by atomic mass is 35.5. The molecule has 0 bridgehead atoms. The highest BCUT2D eigenvalue weighted by molar-refractivity contribution is 5.85. The molecule has 1 heterocycles. The van der Waals surface area contributed by atoms with Crippen molar-refractivity contribution in [2.45, 2.75) is 25.6 Å². The van der Waals surface area contributed by atoms with Crippen LogP contribution >= 0.6 is 12.4 Å². The van der Waals surface area contributed by atoms with E-state index in [-0.39, 0.29) is 24.0 Å². The van der Waals surface area contributed by atoms with Gasteiger partial charge in [-0.25, -0.2) is 4.39 Å². The van der Waals surface area contributed by atoms with Gasteiger partial charge in [0.2, 0.25) is 0 Å². The highest BCUT2D eigenvalue weighted by Gasteiger charge is 2.36. The Morgan fingerprint density at radius 2 is 1.86 bits per heavy atom. The van der Waals surface area contributed by atoms with Crippen LogP contribution in [0.1, 0.15) is 30.5 Å². The summed E-state index contributed by atoms with van der Waals surface area (Å²) in [4.78, 5) is 2.04. The molecule has 1 N–H and O–H groups in total. The van der Waals surface area contributed by atoms with Crippen LogP contribution in [0.25, 0.3) is 0 Å². The van der Waals surface area contributed by atoms with E-state index in [4.69, 9.17) is 0 Å². The molecular formula is C14H19ClF4N2. The SMILES string of the molecule is CC[C@@H](c1cccc(C(F)(F)F)c1F)N1CCNCC1.Cl. The van der Waals surface area contributed by atoms with Crippen LogP contribution in [0.15, 0.2) is 18.2 Å². The molecule has 2 rings (SSSR count). The summed E-state index contributed by atoms with van der Waals surface area (Å²) in [7, 11) is 0. The first-order valence-corrected chi connectivity index (χ1v) is 6.75. The minimum absolute atomic E-state index is 0. The number of rotatable bonds is 3. The van der Waals surface area contributed by atoms with Gasteiger partial charge in [0.05, 0.1) is 5.56 Å². The van der Waals surface area contributed by atoms with Gasteiger partial charge in [0.15, 0.2) is 0 Å². The van der Waals surface area contributed by atoms with E-state index in [0.29, 0.717) is 19.5 Å². The molecule has 1 aliphatic heterocycles. The van der Waals surface area contributed by atoms with Crippen LogP contribution < -0.4 is 5.32 Å². The van der Waals surface area contributed by atoms with Crippen LogP contribution in [-0.4, -0.2) is 31.1 Å². The fourth-order valence-corrected chi connectivity index (χ4v) is 2.69. The molecule has 0 unspecified atom stereocenters. The van der Waals surface area contributed by atoms with Crippen LogP contribution in [0.3, 0.4) is 0 Å². The Morgan fingerprint density at radius 3 is 2.38 bits per heavy atom. The summed E-state index contributed by atoms with van der Waals surface area (Å²) in [5.74, 6) is -1.13. The maximum Gasteiger partial charge on any atom is 0.419 e. The highest BCUT2D eigenvalue weighted by Crippen LogP contribution is 2.36. The molecule has 1 fully saturated rings. The zero-order chi connectivity index (χ0) is 14.8. The lowest BCUT2D eigenvalue weighted by Crippen LogP contribution is -2.45. The van der Waals surface area contributed by atoms with E-state index in [1.54, 1.807) is 0 Å². The van der Waals surface area contributed by atoms with Crippen molar-refractivity contribution in [3.63, 3.8) is 0 Å². The molecule has 1 atom stereocenters. The molecule has 0 aromatic heterocycles. The molecule has 21 heavy (non-hydrogen) atoms. The second-order valence-corrected chi connectivity index (χ2v) is 4.92. The molecule has 120 valence electrons. The van der Waals surface area contributed by atoms with Crippen molar-refractivity contribution in [3.05, 3.63) is 35.1 Å². The maximum atomic E-state index is 14.2. The third-order valence-electron chi connectivity index (χ3n) is 3.67. The predicted molar refractivity (Wildman–Crippen MR) is 76.1 cm³/mol. The number of halogens is 5. The number of nitrogens with one attached hydrogen (secondary N) is 1. The number of alkyl halides is 3. The fraction of sp³-hybridized carbons (Fsp3) is 0.571. The molecule has 1 aliphatic rings. The van der Waals surface area contributed by atoms with Crippen molar-refractivity contribution in [3.8, 4) is 0 Å². The third-order valence-corrected chi connectivity index (χ3v) is 3.67. The van der Waals surface area contributed by atoms with Gasteiger partial charge in [0.1, 0.15) is 5.82 Å². The smallest absolute Gasteiger partial charge is 0.314 e. The molecule has 2 nitrogen and oxygen atoms in total. The Bertz CT molecular complexity index is 459. The van der Waals surface area contributed by atoms with E-state index >= 15 is 0 Å². The van der Waals surface area contributed by atoms with Gasteiger partial charge >= 0.3 is 6.18 Å². The first-order valence-electron chi connectivity index (χ1n) is 6.75. The Labute approximate surface area is 127 Å². The lowest BCUT2D eigenvalue weighted by atomic mass is 9.98. The first kappa shape index (κ1) is 18.2.